The van der Waals surface area contributed by atoms with Gasteiger partial charge >= 0.3 is 0 Å². The molecule has 0 fully saturated rings. The number of hydrogen-bond acceptors (Lipinski definition) is 6. The number of anilines is 2. The lowest BCUT2D eigenvalue weighted by Crippen LogP contribution is -2.01. The second-order valence-corrected chi connectivity index (χ2v) is 5.82. The lowest BCUT2D eigenvalue weighted by molar-refractivity contribution is -0.385. The molecule has 0 aliphatic rings. The first kappa shape index (κ1) is 20.3. The lowest BCUT2D eigenvalue weighted by atomic mass is 10.2. The van der Waals surface area contributed by atoms with Crippen molar-refractivity contribution in [2.24, 2.45) is 0 Å². The van der Waals surface area contributed by atoms with E-state index in [4.69, 9.17) is 0 Å². The van der Waals surface area contributed by atoms with Gasteiger partial charge in [0, 0.05) is 35.6 Å². The molecule has 28 heavy (non-hydrogen) atoms. The minimum absolute atomic E-state index is 0.0516. The van der Waals surface area contributed by atoms with Crippen LogP contribution < -0.4 is 10.6 Å². The Bertz CT molecular complexity index is 942. The Morgan fingerprint density at radius 3 is 1.50 bits per heavy atom. The van der Waals surface area contributed by atoms with Crippen LogP contribution in [0.15, 0.2) is 36.4 Å². The summed E-state index contributed by atoms with van der Waals surface area (Å²) in [6.45, 7) is 4.30. The summed E-state index contributed by atoms with van der Waals surface area (Å²) in [5.41, 5.74) is 3.20. The van der Waals surface area contributed by atoms with Gasteiger partial charge in [-0.3, -0.25) is 20.2 Å². The Labute approximate surface area is 162 Å². The molecular weight excluding hydrogens is 360 g/mol. The zero-order valence-corrected chi connectivity index (χ0v) is 15.4. The van der Waals surface area contributed by atoms with Crippen molar-refractivity contribution in [3.05, 3.63) is 67.8 Å². The van der Waals surface area contributed by atoms with Crippen molar-refractivity contribution in [3.63, 3.8) is 0 Å². The molecule has 8 heteroatoms. The molecule has 0 spiro atoms. The fraction of sp³-hybridized carbons (Fsp3) is 0.200. The van der Waals surface area contributed by atoms with Gasteiger partial charge in [-0.15, -0.1) is 0 Å². The number of nitro groups is 2. The highest BCUT2D eigenvalue weighted by atomic mass is 16.6. The molecule has 0 aliphatic carbocycles. The van der Waals surface area contributed by atoms with E-state index in [2.05, 4.69) is 34.3 Å². The minimum atomic E-state index is -0.432. The van der Waals surface area contributed by atoms with Crippen LogP contribution in [-0.2, 0) is 0 Å². The van der Waals surface area contributed by atoms with Crippen molar-refractivity contribution in [2.45, 2.75) is 13.8 Å². The van der Waals surface area contributed by atoms with E-state index >= 15 is 0 Å². The number of nitro benzene ring substituents is 2. The average Bonchev–Trinajstić information content (AvgIpc) is 2.65. The molecule has 8 nitrogen and oxygen atoms in total. The predicted molar refractivity (Wildman–Crippen MR) is 108 cm³/mol. The van der Waals surface area contributed by atoms with Gasteiger partial charge in [0.15, 0.2) is 0 Å². The maximum absolute atomic E-state index is 10.7. The third-order valence-electron chi connectivity index (χ3n) is 3.82. The summed E-state index contributed by atoms with van der Waals surface area (Å²) >= 11 is 0. The highest BCUT2D eigenvalue weighted by Gasteiger charge is 2.07. The molecule has 2 aromatic carbocycles. The van der Waals surface area contributed by atoms with Gasteiger partial charge in [0.2, 0.25) is 0 Å². The van der Waals surface area contributed by atoms with Crippen LogP contribution in [0.4, 0.5) is 22.7 Å². The number of nitrogens with one attached hydrogen (secondary N) is 2. The number of non-ortho nitro benzene ring substituents is 2. The first-order chi connectivity index (χ1) is 13.4. The molecule has 0 bridgehead atoms. The molecule has 0 amide bonds. The van der Waals surface area contributed by atoms with Crippen LogP contribution >= 0.6 is 0 Å². The summed E-state index contributed by atoms with van der Waals surface area (Å²) in [5, 5.41) is 27.6. The largest absolute Gasteiger partial charge is 0.374 e. The maximum atomic E-state index is 10.7. The van der Waals surface area contributed by atoms with Gasteiger partial charge in [-0.2, -0.15) is 0 Å². The summed E-state index contributed by atoms with van der Waals surface area (Å²) in [5.74, 6) is 11.2. The van der Waals surface area contributed by atoms with Gasteiger partial charge in [0.05, 0.1) is 22.9 Å². The Kier molecular flexibility index (Phi) is 6.95. The van der Waals surface area contributed by atoms with E-state index in [0.717, 1.165) is 22.5 Å². The third kappa shape index (κ3) is 5.75. The van der Waals surface area contributed by atoms with E-state index < -0.39 is 9.85 Å². The third-order valence-corrected chi connectivity index (χ3v) is 3.82. The molecule has 2 N–H and O–H groups in total. The van der Waals surface area contributed by atoms with Crippen LogP contribution in [0.5, 0.6) is 0 Å². The van der Waals surface area contributed by atoms with Crippen molar-refractivity contribution in [3.8, 4) is 23.7 Å². The number of benzene rings is 2. The van der Waals surface area contributed by atoms with E-state index in [9.17, 15) is 20.2 Å². The first-order valence-electron chi connectivity index (χ1n) is 8.32. The predicted octanol–water partition coefficient (Wildman–Crippen LogP) is 3.65. The Morgan fingerprint density at radius 2 is 1.18 bits per heavy atom. The fourth-order valence-electron chi connectivity index (χ4n) is 2.38. The van der Waals surface area contributed by atoms with E-state index in [0.29, 0.717) is 13.1 Å². The molecule has 0 heterocycles. The molecule has 0 unspecified atom stereocenters. The van der Waals surface area contributed by atoms with Crippen molar-refractivity contribution < 1.29 is 9.85 Å². The second kappa shape index (κ2) is 9.60. The van der Waals surface area contributed by atoms with Crippen LogP contribution in [0.3, 0.4) is 0 Å². The van der Waals surface area contributed by atoms with Crippen LogP contribution in [-0.4, -0.2) is 22.9 Å². The SMILES string of the molecule is Cc1cc([N+](=O)[O-])ccc1NCC#CC#CCNc1ccc([N+](=O)[O-])cc1C. The van der Waals surface area contributed by atoms with Gasteiger partial charge in [-0.1, -0.05) is 11.8 Å². The van der Waals surface area contributed by atoms with Crippen molar-refractivity contribution in [2.75, 3.05) is 23.7 Å². The van der Waals surface area contributed by atoms with Crippen molar-refractivity contribution in [1.82, 2.24) is 0 Å². The van der Waals surface area contributed by atoms with Crippen LogP contribution in [0.25, 0.3) is 0 Å². The molecule has 0 aliphatic heterocycles. The number of nitrogens with zero attached hydrogens (tertiary/aromatic N) is 2. The van der Waals surface area contributed by atoms with E-state index in [1.165, 1.54) is 24.3 Å². The van der Waals surface area contributed by atoms with Gasteiger partial charge < -0.3 is 10.6 Å². The normalized spacial score (nSPS) is 9.36. The molecule has 0 saturated heterocycles. The molecule has 2 aromatic rings. The quantitative estimate of drug-likeness (QED) is 0.451. The Morgan fingerprint density at radius 1 is 0.786 bits per heavy atom. The second-order valence-electron chi connectivity index (χ2n) is 5.82. The first-order valence-corrected chi connectivity index (χ1v) is 8.32. The molecule has 0 aromatic heterocycles. The number of rotatable bonds is 6. The molecule has 142 valence electrons. The monoisotopic (exact) mass is 378 g/mol. The minimum Gasteiger partial charge on any atom is -0.374 e. The number of aryl methyl sites for hydroxylation is 2. The molecule has 0 saturated carbocycles. The average molecular weight is 378 g/mol. The standard InChI is InChI=1S/C20H18N4O4/c1-15-13-17(23(25)26)7-9-19(15)21-11-5-3-4-6-12-22-20-10-8-18(24(27)28)14-16(20)2/h7-10,13-14,21-22H,11-12H2,1-2H3. The lowest BCUT2D eigenvalue weighted by Gasteiger charge is -2.05. The van der Waals surface area contributed by atoms with Gasteiger partial charge in [-0.25, -0.2) is 0 Å². The fourth-order valence-corrected chi connectivity index (χ4v) is 2.38. The van der Waals surface area contributed by atoms with Crippen LogP contribution in [0.1, 0.15) is 11.1 Å². The number of hydrogen-bond donors (Lipinski definition) is 2. The Hall–Kier alpha value is -4.04. The molecular formula is C20H18N4O4. The topological polar surface area (TPSA) is 110 Å². The summed E-state index contributed by atoms with van der Waals surface area (Å²) in [4.78, 5) is 20.6. The maximum Gasteiger partial charge on any atom is 0.269 e. The van der Waals surface area contributed by atoms with Crippen molar-refractivity contribution in [1.29, 1.82) is 0 Å². The highest BCUT2D eigenvalue weighted by Crippen LogP contribution is 2.21. The zero-order valence-electron chi connectivity index (χ0n) is 15.4. The van der Waals surface area contributed by atoms with Crippen LogP contribution in [0.2, 0.25) is 0 Å². The van der Waals surface area contributed by atoms with Crippen molar-refractivity contribution >= 4 is 22.7 Å². The molecule has 0 radical (unpaired) electrons. The summed E-state index contributed by atoms with van der Waals surface area (Å²) in [6, 6.07) is 9.18. The smallest absolute Gasteiger partial charge is 0.269 e. The summed E-state index contributed by atoms with van der Waals surface area (Å²) in [6.07, 6.45) is 0. The van der Waals surface area contributed by atoms with E-state index in [1.807, 2.05) is 0 Å². The van der Waals surface area contributed by atoms with Gasteiger partial charge in [0.25, 0.3) is 11.4 Å². The van der Waals surface area contributed by atoms with Gasteiger partial charge in [0.1, 0.15) is 0 Å². The van der Waals surface area contributed by atoms with E-state index in [-0.39, 0.29) is 11.4 Å². The summed E-state index contributed by atoms with van der Waals surface area (Å²) in [7, 11) is 0. The van der Waals surface area contributed by atoms with E-state index in [1.54, 1.807) is 26.0 Å². The van der Waals surface area contributed by atoms with Crippen LogP contribution in [0, 0.1) is 57.8 Å². The highest BCUT2D eigenvalue weighted by molar-refractivity contribution is 5.57. The van der Waals surface area contributed by atoms with Gasteiger partial charge in [-0.05, 0) is 48.9 Å². The zero-order chi connectivity index (χ0) is 20.5. The Balaban J connectivity index is 1.81. The molecule has 0 atom stereocenters. The molecule has 2 rings (SSSR count). The summed E-state index contributed by atoms with van der Waals surface area (Å²) < 4.78 is 0.